The highest BCUT2D eigenvalue weighted by atomic mass is 32.1. The Morgan fingerprint density at radius 2 is 1.09 bits per heavy atom. The third kappa shape index (κ3) is 5.20. The van der Waals surface area contributed by atoms with Crippen LogP contribution in [0.1, 0.15) is 60.6 Å². The van der Waals surface area contributed by atoms with Crippen LogP contribution in [-0.4, -0.2) is 0 Å². The third-order valence-electron chi connectivity index (χ3n) is 12.2. The van der Waals surface area contributed by atoms with Crippen LogP contribution in [0, 0.1) is 0 Å². The summed E-state index contributed by atoms with van der Waals surface area (Å²) in [5.74, 6) is 0. The van der Waals surface area contributed by atoms with Crippen LogP contribution in [0.4, 0.5) is 17.1 Å². The summed E-state index contributed by atoms with van der Waals surface area (Å²) in [5, 5.41) is -0.430. The minimum Gasteiger partial charge on any atom is -0.310 e. The smallest absolute Gasteiger partial charge is 0.0726 e. The summed E-state index contributed by atoms with van der Waals surface area (Å²) in [6, 6.07) is -3.59. The number of fused-ring (bicyclic) bond motifs is 15. The standard InChI is InChI=1S/C63H39NS/c1-2-16-43-38-45(34-28-40(43)14-1)64(46-35-37-52-51-20-7-11-26-58(51)63(59(52)39-46)56-24-9-5-18-49(56)50-19-6-10-25-57(50)63)44-32-29-42(30-33-44)48-36-31-41-15-3-4-17-47(41)61(48)55-23-13-22-54-53-21-8-12-27-60(53)65-62(54)55/h1-39H/i3D,4D,5D,6D,7D,8D,9D,10D,11D,12D,13D,14D,15D,17D,18D,19D,20D,23D,26D,27D,28D,29D,31D,32D,34D,35D,37D,38D. The van der Waals surface area contributed by atoms with Gasteiger partial charge >= 0.3 is 0 Å². The lowest BCUT2D eigenvalue weighted by molar-refractivity contribution is 0.793. The van der Waals surface area contributed by atoms with Crippen molar-refractivity contribution >= 4 is 70.1 Å². The molecule has 65 heavy (non-hydrogen) atoms. The van der Waals surface area contributed by atoms with Gasteiger partial charge in [0.2, 0.25) is 0 Å². The van der Waals surface area contributed by atoms with Gasteiger partial charge in [-0.3, -0.25) is 0 Å². The highest BCUT2D eigenvalue weighted by Gasteiger charge is 2.51. The van der Waals surface area contributed by atoms with E-state index in [4.69, 9.17) is 17.8 Å². The number of benzene rings is 11. The molecule has 1 nitrogen and oxygen atoms in total. The Labute approximate surface area is 421 Å². The van der Waals surface area contributed by atoms with Gasteiger partial charge in [-0.05, 0) is 125 Å². The molecule has 0 saturated heterocycles. The van der Waals surface area contributed by atoms with E-state index in [0.717, 1.165) is 34.4 Å². The molecule has 2 aliphatic rings. The van der Waals surface area contributed by atoms with Crippen LogP contribution in [0.5, 0.6) is 0 Å². The van der Waals surface area contributed by atoms with E-state index in [9.17, 15) is 20.6 Å². The van der Waals surface area contributed by atoms with Gasteiger partial charge in [-0.1, -0.05) is 194 Å². The molecule has 302 valence electrons. The van der Waals surface area contributed by atoms with E-state index in [0.29, 0.717) is 0 Å². The van der Waals surface area contributed by atoms with Gasteiger partial charge in [0.05, 0.1) is 43.8 Å². The molecule has 0 unspecified atom stereocenters. The average Bonchev–Trinajstić information content (AvgIpc) is 1.49. The number of hydrogen-bond acceptors (Lipinski definition) is 2. The van der Waals surface area contributed by atoms with Crippen molar-refractivity contribution in [3.8, 4) is 44.5 Å². The van der Waals surface area contributed by atoms with E-state index in [-0.39, 0.29) is 127 Å². The summed E-state index contributed by atoms with van der Waals surface area (Å²) in [6.45, 7) is 0. The van der Waals surface area contributed by atoms with E-state index in [2.05, 4.69) is 0 Å². The number of nitrogens with zero attached hydrogens (tertiary/aromatic N) is 1. The second-order valence-corrected chi connectivity index (χ2v) is 16.4. The predicted molar refractivity (Wildman–Crippen MR) is 276 cm³/mol. The summed E-state index contributed by atoms with van der Waals surface area (Å²) in [4.78, 5) is 0.975. The molecule has 0 bridgehead atoms. The molecular formula is C63H39NS. The van der Waals surface area contributed by atoms with Crippen LogP contribution in [-0.2, 0) is 5.41 Å². The molecule has 0 amide bonds. The number of thiophene rings is 1. The Morgan fingerprint density at radius 3 is 1.98 bits per heavy atom. The largest absolute Gasteiger partial charge is 0.310 e. The highest BCUT2D eigenvalue weighted by molar-refractivity contribution is 7.26. The summed E-state index contributed by atoms with van der Waals surface area (Å²) in [6.07, 6.45) is 0. The zero-order chi connectivity index (χ0) is 67.0. The first kappa shape index (κ1) is 18.6. The Balaban J connectivity index is 1.13. The van der Waals surface area contributed by atoms with Gasteiger partial charge in [0, 0.05) is 42.8 Å². The Bertz CT molecular complexity index is 5520. The highest BCUT2D eigenvalue weighted by Crippen LogP contribution is 2.63. The molecule has 14 rings (SSSR count). The maximum atomic E-state index is 10.2. The SMILES string of the molecule is [2H]c1cc2c(c([2H])c1[2H])-c1c(cc([2H])c([2H])c1[2H])C21c2cc(N(c3ccc(-c4cc([2H])c5c([2H])c([2H])c([2H])c([2H])c5c4-c4c([2H])c([2H])cc5c4sc4c([2H])c([2H])c([2H])cc45)c([2H])c3[2H])c3c([2H])c([2H])c4c([2H])cccc4c3[2H])c([2H])c([2H])c2-c2c([2H])c([2H])c([2H])c([2H])c21. The molecule has 1 spiro atoms. The van der Waals surface area contributed by atoms with Crippen molar-refractivity contribution in [2.24, 2.45) is 0 Å². The minimum absolute atomic E-state index is 0.0869. The van der Waals surface area contributed by atoms with Crippen LogP contribution >= 0.6 is 11.3 Å². The molecule has 0 saturated carbocycles. The molecule has 0 atom stereocenters. The summed E-state index contributed by atoms with van der Waals surface area (Å²) in [7, 11) is 0. The average molecular weight is 870 g/mol. The number of anilines is 3. The molecule has 0 radical (unpaired) electrons. The monoisotopic (exact) mass is 869 g/mol. The van der Waals surface area contributed by atoms with E-state index in [1.54, 1.807) is 0 Å². The van der Waals surface area contributed by atoms with Crippen molar-refractivity contribution in [3.63, 3.8) is 0 Å². The van der Waals surface area contributed by atoms with Gasteiger partial charge in [-0.25, -0.2) is 0 Å². The predicted octanol–water partition coefficient (Wildman–Crippen LogP) is 17.5. The van der Waals surface area contributed by atoms with Gasteiger partial charge < -0.3 is 4.90 Å². The Hall–Kier alpha value is -8.04. The van der Waals surface area contributed by atoms with Gasteiger partial charge in [0.15, 0.2) is 0 Å². The van der Waals surface area contributed by atoms with Gasteiger partial charge in [-0.15, -0.1) is 11.3 Å². The summed E-state index contributed by atoms with van der Waals surface area (Å²) >= 11 is 0.904. The van der Waals surface area contributed by atoms with Crippen molar-refractivity contribution in [2.75, 3.05) is 4.90 Å². The molecule has 11 aromatic carbocycles. The van der Waals surface area contributed by atoms with Crippen LogP contribution in [0.25, 0.3) is 86.2 Å². The van der Waals surface area contributed by atoms with Gasteiger partial charge in [0.1, 0.15) is 0 Å². The second kappa shape index (κ2) is 14.0. The van der Waals surface area contributed by atoms with Crippen molar-refractivity contribution < 1.29 is 38.4 Å². The first-order valence-electron chi connectivity index (χ1n) is 34.2. The molecule has 2 aliphatic carbocycles. The van der Waals surface area contributed by atoms with Crippen LogP contribution in [0.2, 0.25) is 0 Å². The fraction of sp³-hybridized carbons (Fsp3) is 0.0159. The molecule has 1 heterocycles. The molecule has 0 fully saturated rings. The molecule has 12 aromatic rings. The van der Waals surface area contributed by atoms with E-state index < -0.39 is 174 Å². The second-order valence-electron chi connectivity index (χ2n) is 15.4. The van der Waals surface area contributed by atoms with E-state index >= 15 is 0 Å². The number of rotatable bonds is 5. The van der Waals surface area contributed by atoms with Crippen LogP contribution < -0.4 is 4.90 Å². The topological polar surface area (TPSA) is 3.24 Å². The Morgan fingerprint density at radius 1 is 0.385 bits per heavy atom. The van der Waals surface area contributed by atoms with Gasteiger partial charge in [-0.2, -0.15) is 0 Å². The van der Waals surface area contributed by atoms with E-state index in [1.165, 1.54) is 48.5 Å². The number of hydrogen-bond donors (Lipinski definition) is 0. The normalized spacial score (nSPS) is 19.1. The first-order chi connectivity index (χ1) is 43.8. The lowest BCUT2D eigenvalue weighted by atomic mass is 9.70. The zero-order valence-corrected chi connectivity index (χ0v) is 34.0. The molecule has 0 N–H and O–H groups in total. The summed E-state index contributed by atoms with van der Waals surface area (Å²) in [5.41, 5.74) is -6.67. The maximum absolute atomic E-state index is 10.2. The maximum Gasteiger partial charge on any atom is 0.0726 e. The molecule has 0 aliphatic heterocycles. The fourth-order valence-electron chi connectivity index (χ4n) is 9.49. The van der Waals surface area contributed by atoms with E-state index in [1.807, 2.05) is 0 Å². The van der Waals surface area contributed by atoms with Crippen LogP contribution in [0.3, 0.4) is 0 Å². The van der Waals surface area contributed by atoms with Crippen molar-refractivity contribution in [1.82, 2.24) is 0 Å². The Kier molecular flexibility index (Phi) is 4.00. The van der Waals surface area contributed by atoms with Crippen molar-refractivity contribution in [2.45, 2.75) is 5.41 Å². The molecule has 1 aromatic heterocycles. The minimum atomic E-state index is -2.31. The quantitative estimate of drug-likeness (QED) is 0.167. The summed E-state index contributed by atoms with van der Waals surface area (Å²) < 4.78 is 261. The van der Waals surface area contributed by atoms with Crippen molar-refractivity contribution in [1.29, 1.82) is 0 Å². The third-order valence-corrected chi connectivity index (χ3v) is 13.3. The fourth-order valence-corrected chi connectivity index (χ4v) is 10.6. The molecule has 2 heteroatoms. The first-order valence-corrected chi connectivity index (χ1v) is 21.0. The lowest BCUT2D eigenvalue weighted by Crippen LogP contribution is -2.26. The lowest BCUT2D eigenvalue weighted by Gasteiger charge is -2.32. The molecular weight excluding hydrogens is 803 g/mol. The zero-order valence-electron chi connectivity index (χ0n) is 61.2. The van der Waals surface area contributed by atoms with Gasteiger partial charge in [0.25, 0.3) is 0 Å². The van der Waals surface area contributed by atoms with Crippen molar-refractivity contribution in [3.05, 3.63) is 258 Å². The van der Waals surface area contributed by atoms with Crippen LogP contribution in [0.15, 0.2) is 236 Å².